The number of rotatable bonds is 2. The van der Waals surface area contributed by atoms with Gasteiger partial charge in [-0.3, -0.25) is 9.78 Å². The van der Waals surface area contributed by atoms with Gasteiger partial charge in [-0.05, 0) is 24.3 Å². The average molecular weight is 237 g/mol. The number of nitrogens with two attached hydrogens (primary N) is 1. The van der Waals surface area contributed by atoms with Crippen LogP contribution in [0.25, 0.3) is 16.6 Å². The molecular weight excluding hydrogens is 226 g/mol. The van der Waals surface area contributed by atoms with Crippen molar-refractivity contribution in [2.45, 2.75) is 0 Å². The van der Waals surface area contributed by atoms with Gasteiger partial charge in [-0.1, -0.05) is 18.2 Å². The van der Waals surface area contributed by atoms with Crippen LogP contribution in [-0.4, -0.2) is 15.5 Å². The van der Waals surface area contributed by atoms with E-state index in [-0.39, 0.29) is 0 Å². The number of hydrogen-bond donors (Lipinski definition) is 1. The number of nitrogens with zero attached hydrogens (tertiary/aromatic N) is 2. The molecule has 2 aromatic heterocycles. The molecular formula is C14H11N3O. The summed E-state index contributed by atoms with van der Waals surface area (Å²) in [5.74, 6) is -0.442. The highest BCUT2D eigenvalue weighted by Gasteiger charge is 2.13. The van der Waals surface area contributed by atoms with Gasteiger partial charge in [0.15, 0.2) is 0 Å². The van der Waals surface area contributed by atoms with E-state index in [0.717, 1.165) is 16.6 Å². The van der Waals surface area contributed by atoms with Crippen LogP contribution in [0.1, 0.15) is 10.5 Å². The van der Waals surface area contributed by atoms with Gasteiger partial charge in [-0.25, -0.2) is 0 Å². The minimum absolute atomic E-state index is 0.442. The maximum absolute atomic E-state index is 11.6. The molecule has 2 heterocycles. The second-order valence-corrected chi connectivity index (χ2v) is 3.99. The molecule has 4 heteroatoms. The highest BCUT2D eigenvalue weighted by atomic mass is 16.1. The highest BCUT2D eigenvalue weighted by molar-refractivity contribution is 5.99. The lowest BCUT2D eigenvalue weighted by atomic mass is 10.2. The van der Waals surface area contributed by atoms with Gasteiger partial charge in [0.25, 0.3) is 5.91 Å². The van der Waals surface area contributed by atoms with Crippen molar-refractivity contribution < 1.29 is 4.79 Å². The van der Waals surface area contributed by atoms with E-state index in [1.165, 1.54) is 0 Å². The first-order chi connectivity index (χ1) is 8.77. The first-order valence-electron chi connectivity index (χ1n) is 5.58. The Morgan fingerprint density at radius 1 is 1.11 bits per heavy atom. The SMILES string of the molecule is NC(=O)c1cc2ccccc2n1-c1ccncc1. The van der Waals surface area contributed by atoms with Crippen molar-refractivity contribution in [2.24, 2.45) is 5.73 Å². The third-order valence-corrected chi connectivity index (χ3v) is 2.88. The van der Waals surface area contributed by atoms with Gasteiger partial charge >= 0.3 is 0 Å². The van der Waals surface area contributed by atoms with Crippen molar-refractivity contribution in [3.8, 4) is 5.69 Å². The molecule has 3 aromatic rings. The summed E-state index contributed by atoms with van der Waals surface area (Å²) in [4.78, 5) is 15.5. The summed E-state index contributed by atoms with van der Waals surface area (Å²) < 4.78 is 1.85. The molecule has 1 aromatic carbocycles. The average Bonchev–Trinajstić information content (AvgIpc) is 2.79. The Morgan fingerprint density at radius 2 is 1.83 bits per heavy atom. The molecule has 18 heavy (non-hydrogen) atoms. The summed E-state index contributed by atoms with van der Waals surface area (Å²) in [6.45, 7) is 0. The van der Waals surface area contributed by atoms with Crippen LogP contribution in [0.15, 0.2) is 54.9 Å². The largest absolute Gasteiger partial charge is 0.364 e. The second-order valence-electron chi connectivity index (χ2n) is 3.99. The fourth-order valence-electron chi connectivity index (χ4n) is 2.11. The summed E-state index contributed by atoms with van der Waals surface area (Å²) in [6.07, 6.45) is 3.38. The molecule has 0 bridgehead atoms. The van der Waals surface area contributed by atoms with E-state index in [1.807, 2.05) is 41.0 Å². The first kappa shape index (κ1) is 10.5. The maximum atomic E-state index is 11.6. The number of carbonyl (C=O) groups is 1. The number of aromatic nitrogens is 2. The van der Waals surface area contributed by atoms with Crippen molar-refractivity contribution in [3.05, 3.63) is 60.6 Å². The van der Waals surface area contributed by atoms with E-state index in [0.29, 0.717) is 5.69 Å². The first-order valence-corrected chi connectivity index (χ1v) is 5.58. The Kier molecular flexibility index (Phi) is 2.34. The normalized spacial score (nSPS) is 10.7. The van der Waals surface area contributed by atoms with Gasteiger partial charge in [0, 0.05) is 23.5 Å². The number of benzene rings is 1. The van der Waals surface area contributed by atoms with Crippen LogP contribution in [0.5, 0.6) is 0 Å². The molecule has 0 aliphatic rings. The lowest BCUT2D eigenvalue weighted by molar-refractivity contribution is 0.0994. The van der Waals surface area contributed by atoms with Crippen LogP contribution in [0.2, 0.25) is 0 Å². The van der Waals surface area contributed by atoms with Crippen molar-refractivity contribution in [3.63, 3.8) is 0 Å². The molecule has 0 fully saturated rings. The summed E-state index contributed by atoms with van der Waals surface area (Å²) >= 11 is 0. The molecule has 0 aliphatic carbocycles. The van der Waals surface area contributed by atoms with E-state index in [9.17, 15) is 4.79 Å². The molecule has 0 unspecified atom stereocenters. The summed E-state index contributed by atoms with van der Waals surface area (Å²) in [5, 5.41) is 0.989. The van der Waals surface area contributed by atoms with Crippen LogP contribution in [0.4, 0.5) is 0 Å². The molecule has 3 rings (SSSR count). The van der Waals surface area contributed by atoms with Crippen LogP contribution in [-0.2, 0) is 0 Å². The Hall–Kier alpha value is -2.62. The topological polar surface area (TPSA) is 60.9 Å². The van der Waals surface area contributed by atoms with E-state index in [1.54, 1.807) is 18.5 Å². The Bertz CT molecular complexity index is 716. The van der Waals surface area contributed by atoms with E-state index >= 15 is 0 Å². The summed E-state index contributed by atoms with van der Waals surface area (Å²) in [7, 11) is 0. The molecule has 2 N–H and O–H groups in total. The molecule has 0 aliphatic heterocycles. The van der Waals surface area contributed by atoms with Crippen LogP contribution < -0.4 is 5.73 Å². The second kappa shape index (κ2) is 4.00. The number of primary amides is 1. The quantitative estimate of drug-likeness (QED) is 0.742. The summed E-state index contributed by atoms with van der Waals surface area (Å²) in [6, 6.07) is 13.3. The standard InChI is InChI=1S/C14H11N3O/c15-14(18)13-9-10-3-1-2-4-12(10)17(13)11-5-7-16-8-6-11/h1-9H,(H2,15,18). The smallest absolute Gasteiger partial charge is 0.265 e. The van der Waals surface area contributed by atoms with Crippen molar-refractivity contribution in [1.82, 2.24) is 9.55 Å². The molecule has 0 saturated heterocycles. The van der Waals surface area contributed by atoms with Gasteiger partial charge < -0.3 is 10.3 Å². The lowest BCUT2D eigenvalue weighted by Crippen LogP contribution is -2.15. The number of hydrogen-bond acceptors (Lipinski definition) is 2. The van der Waals surface area contributed by atoms with E-state index < -0.39 is 5.91 Å². The number of pyridine rings is 1. The molecule has 1 amide bonds. The van der Waals surface area contributed by atoms with Gasteiger partial charge in [0.05, 0.1) is 5.52 Å². The molecule has 88 valence electrons. The van der Waals surface area contributed by atoms with Crippen LogP contribution in [0.3, 0.4) is 0 Å². The zero-order chi connectivity index (χ0) is 12.5. The fourth-order valence-corrected chi connectivity index (χ4v) is 2.11. The molecule has 4 nitrogen and oxygen atoms in total. The predicted octanol–water partition coefficient (Wildman–Crippen LogP) is 2.12. The van der Waals surface area contributed by atoms with Crippen molar-refractivity contribution >= 4 is 16.8 Å². The molecule has 0 atom stereocenters. The van der Waals surface area contributed by atoms with Gasteiger partial charge in [-0.2, -0.15) is 0 Å². The van der Waals surface area contributed by atoms with Gasteiger partial charge in [0.1, 0.15) is 5.69 Å². The van der Waals surface area contributed by atoms with Gasteiger partial charge in [0.2, 0.25) is 0 Å². The summed E-state index contributed by atoms with van der Waals surface area (Å²) in [5.41, 5.74) is 7.75. The van der Waals surface area contributed by atoms with Gasteiger partial charge in [-0.15, -0.1) is 0 Å². The fraction of sp³-hybridized carbons (Fsp3) is 0. The minimum Gasteiger partial charge on any atom is -0.364 e. The monoisotopic (exact) mass is 237 g/mol. The predicted molar refractivity (Wildman–Crippen MR) is 69.6 cm³/mol. The van der Waals surface area contributed by atoms with Crippen LogP contribution in [0, 0.1) is 0 Å². The van der Waals surface area contributed by atoms with Crippen molar-refractivity contribution in [1.29, 1.82) is 0 Å². The Labute approximate surface area is 104 Å². The number of para-hydroxylation sites is 1. The third kappa shape index (κ3) is 1.55. The third-order valence-electron chi connectivity index (χ3n) is 2.88. The van der Waals surface area contributed by atoms with Crippen LogP contribution >= 0.6 is 0 Å². The highest BCUT2D eigenvalue weighted by Crippen LogP contribution is 2.23. The number of carbonyl (C=O) groups excluding carboxylic acids is 1. The number of amides is 1. The Balaban J connectivity index is 2.38. The molecule has 0 spiro atoms. The zero-order valence-corrected chi connectivity index (χ0v) is 9.58. The van der Waals surface area contributed by atoms with E-state index in [4.69, 9.17) is 5.73 Å². The minimum atomic E-state index is -0.442. The Morgan fingerprint density at radius 3 is 2.56 bits per heavy atom. The molecule has 0 radical (unpaired) electrons. The molecule has 0 saturated carbocycles. The van der Waals surface area contributed by atoms with E-state index in [2.05, 4.69) is 4.98 Å². The maximum Gasteiger partial charge on any atom is 0.265 e. The number of fused-ring (bicyclic) bond motifs is 1. The van der Waals surface area contributed by atoms with Crippen molar-refractivity contribution in [2.75, 3.05) is 0 Å². The zero-order valence-electron chi connectivity index (χ0n) is 9.58. The lowest BCUT2D eigenvalue weighted by Gasteiger charge is -2.08.